The van der Waals surface area contributed by atoms with E-state index in [-0.39, 0.29) is 31.4 Å². The van der Waals surface area contributed by atoms with E-state index in [2.05, 4.69) is 5.32 Å². The summed E-state index contributed by atoms with van der Waals surface area (Å²) in [7, 11) is 0. The van der Waals surface area contributed by atoms with E-state index < -0.39 is 5.97 Å². The van der Waals surface area contributed by atoms with E-state index >= 15 is 0 Å². The first-order valence-electron chi connectivity index (χ1n) is 11.1. The number of nitrogens with zero attached hydrogens (tertiary/aromatic N) is 1. The minimum atomic E-state index is -0.997. The van der Waals surface area contributed by atoms with Crippen molar-refractivity contribution >= 4 is 57.8 Å². The van der Waals surface area contributed by atoms with Gasteiger partial charge in [0.2, 0.25) is 0 Å². The van der Waals surface area contributed by atoms with Crippen molar-refractivity contribution < 1.29 is 29.0 Å². The minimum Gasteiger partial charge on any atom is -0.490 e. The van der Waals surface area contributed by atoms with Gasteiger partial charge in [-0.1, -0.05) is 55.2 Å². The highest BCUT2D eigenvalue weighted by Gasteiger charge is 2.32. The van der Waals surface area contributed by atoms with Gasteiger partial charge in [-0.15, -0.1) is 0 Å². The zero-order chi connectivity index (χ0) is 25.4. The van der Waals surface area contributed by atoms with E-state index in [1.807, 2.05) is 38.1 Å². The SMILES string of the molecule is CCOc1cc(/C=C2\SC(=S)N(CCC(=O)O)C2=O)ccc1OCC(=O)Nc1ccccc1CC. The van der Waals surface area contributed by atoms with Gasteiger partial charge in [-0.25, -0.2) is 0 Å². The molecule has 8 nitrogen and oxygen atoms in total. The molecule has 184 valence electrons. The van der Waals surface area contributed by atoms with E-state index in [0.29, 0.717) is 32.9 Å². The molecule has 1 saturated heterocycles. The predicted octanol–water partition coefficient (Wildman–Crippen LogP) is 4.34. The maximum absolute atomic E-state index is 12.6. The number of anilines is 1. The van der Waals surface area contributed by atoms with E-state index in [0.717, 1.165) is 29.4 Å². The average molecular weight is 515 g/mol. The third-order valence-electron chi connectivity index (χ3n) is 5.02. The molecule has 0 spiro atoms. The first kappa shape index (κ1) is 26.2. The number of ether oxygens (including phenoxy) is 2. The Bertz CT molecular complexity index is 1160. The Morgan fingerprint density at radius 3 is 2.63 bits per heavy atom. The van der Waals surface area contributed by atoms with Gasteiger partial charge in [0.05, 0.1) is 17.9 Å². The minimum absolute atomic E-state index is 0.0269. The Morgan fingerprint density at radius 2 is 1.91 bits per heavy atom. The van der Waals surface area contributed by atoms with Crippen LogP contribution in [-0.4, -0.2) is 51.9 Å². The highest BCUT2D eigenvalue weighted by molar-refractivity contribution is 8.26. The number of thioether (sulfide) groups is 1. The summed E-state index contributed by atoms with van der Waals surface area (Å²) in [6, 6.07) is 12.7. The Kier molecular flexibility index (Phi) is 9.27. The van der Waals surface area contributed by atoms with Crippen LogP contribution in [0.1, 0.15) is 31.4 Å². The lowest BCUT2D eigenvalue weighted by atomic mass is 10.1. The molecule has 0 radical (unpaired) electrons. The largest absolute Gasteiger partial charge is 0.490 e. The fourth-order valence-electron chi connectivity index (χ4n) is 3.33. The topological polar surface area (TPSA) is 105 Å². The summed E-state index contributed by atoms with van der Waals surface area (Å²) in [5.74, 6) is -0.782. The fourth-order valence-corrected chi connectivity index (χ4v) is 4.64. The van der Waals surface area contributed by atoms with Crippen LogP contribution in [0.2, 0.25) is 0 Å². The second kappa shape index (κ2) is 12.4. The van der Waals surface area contributed by atoms with Gasteiger partial charge in [-0.2, -0.15) is 0 Å². The van der Waals surface area contributed by atoms with Crippen LogP contribution in [0, 0.1) is 0 Å². The number of thiocarbonyl (C=S) groups is 1. The first-order valence-corrected chi connectivity index (χ1v) is 12.3. The van der Waals surface area contributed by atoms with Gasteiger partial charge in [0.25, 0.3) is 11.8 Å². The summed E-state index contributed by atoms with van der Waals surface area (Å²) >= 11 is 6.34. The molecule has 0 bridgehead atoms. The average Bonchev–Trinajstić information content (AvgIpc) is 3.09. The number of para-hydroxylation sites is 1. The molecule has 3 rings (SSSR count). The van der Waals surface area contributed by atoms with Crippen molar-refractivity contribution in [2.45, 2.75) is 26.7 Å². The summed E-state index contributed by atoms with van der Waals surface area (Å²) in [4.78, 5) is 37.6. The van der Waals surface area contributed by atoms with Gasteiger partial charge in [0, 0.05) is 12.2 Å². The van der Waals surface area contributed by atoms with E-state index in [1.54, 1.807) is 24.3 Å². The van der Waals surface area contributed by atoms with Gasteiger partial charge in [-0.3, -0.25) is 19.3 Å². The van der Waals surface area contributed by atoms with Crippen molar-refractivity contribution in [3.05, 3.63) is 58.5 Å². The monoisotopic (exact) mass is 514 g/mol. The molecule has 0 saturated carbocycles. The second-order valence-corrected chi connectivity index (χ2v) is 9.14. The molecule has 0 aliphatic carbocycles. The van der Waals surface area contributed by atoms with E-state index in [9.17, 15) is 14.4 Å². The van der Waals surface area contributed by atoms with Crippen molar-refractivity contribution in [1.82, 2.24) is 4.90 Å². The first-order chi connectivity index (χ1) is 16.8. The van der Waals surface area contributed by atoms with Gasteiger partial charge in [-0.05, 0) is 48.7 Å². The molecular formula is C25H26N2O6S2. The highest BCUT2D eigenvalue weighted by Crippen LogP contribution is 2.35. The molecule has 0 aromatic heterocycles. The number of carboxylic acids is 1. The number of hydrogen-bond acceptors (Lipinski definition) is 7. The summed E-state index contributed by atoms with van der Waals surface area (Å²) in [6.45, 7) is 4.07. The summed E-state index contributed by atoms with van der Waals surface area (Å²) in [5.41, 5.74) is 2.47. The van der Waals surface area contributed by atoms with Crippen molar-refractivity contribution in [1.29, 1.82) is 0 Å². The number of nitrogens with one attached hydrogen (secondary N) is 1. The molecule has 2 amide bonds. The molecule has 1 aliphatic rings. The summed E-state index contributed by atoms with van der Waals surface area (Å²) in [5, 5.41) is 11.7. The normalized spacial score (nSPS) is 14.3. The molecule has 35 heavy (non-hydrogen) atoms. The van der Waals surface area contributed by atoms with Crippen LogP contribution in [-0.2, 0) is 20.8 Å². The van der Waals surface area contributed by atoms with Gasteiger partial charge < -0.3 is 19.9 Å². The van der Waals surface area contributed by atoms with Crippen molar-refractivity contribution in [2.24, 2.45) is 0 Å². The third-order valence-corrected chi connectivity index (χ3v) is 6.40. The number of carbonyl (C=O) groups is 3. The number of rotatable bonds is 11. The molecule has 0 atom stereocenters. The van der Waals surface area contributed by atoms with Crippen LogP contribution in [0.3, 0.4) is 0 Å². The van der Waals surface area contributed by atoms with E-state index in [1.165, 1.54) is 4.90 Å². The van der Waals surface area contributed by atoms with Crippen LogP contribution in [0.4, 0.5) is 5.69 Å². The molecule has 2 N–H and O–H groups in total. The lowest BCUT2D eigenvalue weighted by Crippen LogP contribution is -2.30. The van der Waals surface area contributed by atoms with Crippen LogP contribution in [0.5, 0.6) is 11.5 Å². The molecule has 1 aliphatic heterocycles. The predicted molar refractivity (Wildman–Crippen MR) is 140 cm³/mol. The van der Waals surface area contributed by atoms with Crippen molar-refractivity contribution in [3.63, 3.8) is 0 Å². The number of aryl methyl sites for hydroxylation is 1. The van der Waals surface area contributed by atoms with Crippen LogP contribution in [0.15, 0.2) is 47.4 Å². The quantitative estimate of drug-likeness (QED) is 0.337. The highest BCUT2D eigenvalue weighted by atomic mass is 32.2. The lowest BCUT2D eigenvalue weighted by molar-refractivity contribution is -0.137. The molecule has 2 aromatic carbocycles. The Balaban J connectivity index is 1.69. The molecule has 10 heteroatoms. The Morgan fingerprint density at radius 1 is 1.14 bits per heavy atom. The third kappa shape index (κ3) is 7.06. The molecule has 1 heterocycles. The van der Waals surface area contributed by atoms with Gasteiger partial charge in [0.1, 0.15) is 4.32 Å². The van der Waals surface area contributed by atoms with Crippen LogP contribution < -0.4 is 14.8 Å². The van der Waals surface area contributed by atoms with Crippen molar-refractivity contribution in [2.75, 3.05) is 25.1 Å². The van der Waals surface area contributed by atoms with Crippen molar-refractivity contribution in [3.8, 4) is 11.5 Å². The number of carboxylic acid groups (broad SMARTS) is 1. The number of aliphatic carboxylic acids is 1. The molecule has 0 unspecified atom stereocenters. The smallest absolute Gasteiger partial charge is 0.305 e. The molecule has 2 aromatic rings. The van der Waals surface area contributed by atoms with Gasteiger partial charge >= 0.3 is 5.97 Å². The maximum Gasteiger partial charge on any atom is 0.305 e. The second-order valence-electron chi connectivity index (χ2n) is 7.46. The number of benzene rings is 2. The fraction of sp³-hybridized carbons (Fsp3) is 0.280. The van der Waals surface area contributed by atoms with Crippen LogP contribution in [0.25, 0.3) is 6.08 Å². The number of amides is 2. The lowest BCUT2D eigenvalue weighted by Gasteiger charge is -2.14. The number of hydrogen-bond donors (Lipinski definition) is 2. The standard InChI is InChI=1S/C25H26N2O6S2/c1-3-17-7-5-6-8-18(17)26-22(28)15-33-19-10-9-16(13-20(19)32-4-2)14-21-24(31)27(25(34)35-21)12-11-23(29)30/h5-10,13-14H,3-4,11-12,15H2,1-2H3,(H,26,28)(H,29,30)/b21-14-. The van der Waals surface area contributed by atoms with Crippen LogP contribution >= 0.6 is 24.0 Å². The molecule has 1 fully saturated rings. The summed E-state index contributed by atoms with van der Waals surface area (Å²) in [6.07, 6.45) is 2.28. The van der Waals surface area contributed by atoms with E-state index in [4.69, 9.17) is 26.8 Å². The zero-order valence-electron chi connectivity index (χ0n) is 19.4. The molecular weight excluding hydrogens is 488 g/mol. The van der Waals surface area contributed by atoms with Gasteiger partial charge in [0.15, 0.2) is 18.1 Å². The maximum atomic E-state index is 12.6. The Hall–Kier alpha value is -3.37. The number of carbonyl (C=O) groups excluding carboxylic acids is 2. The zero-order valence-corrected chi connectivity index (χ0v) is 21.0. The Labute approximate surface area is 213 Å². The summed E-state index contributed by atoms with van der Waals surface area (Å²) < 4.78 is 11.7.